The second kappa shape index (κ2) is 5.00. The van der Waals surface area contributed by atoms with Crippen molar-refractivity contribution in [1.82, 2.24) is 4.31 Å². The van der Waals surface area contributed by atoms with Gasteiger partial charge in [-0.15, -0.1) is 0 Å². The summed E-state index contributed by atoms with van der Waals surface area (Å²) in [5.41, 5.74) is 0. The molecule has 6 heteroatoms. The van der Waals surface area contributed by atoms with Gasteiger partial charge in [-0.2, -0.15) is 4.31 Å². The van der Waals surface area contributed by atoms with Gasteiger partial charge in [0.2, 0.25) is 10.0 Å². The Balaban J connectivity index is 2.50. The molecule has 0 aromatic heterocycles. The van der Waals surface area contributed by atoms with Crippen molar-refractivity contribution in [3.63, 3.8) is 0 Å². The summed E-state index contributed by atoms with van der Waals surface area (Å²) in [7, 11) is -3.57. The largest absolute Gasteiger partial charge is 0.245 e. The molecule has 1 aliphatic carbocycles. The molecule has 0 unspecified atom stereocenters. The van der Waals surface area contributed by atoms with E-state index in [0.29, 0.717) is 0 Å². The molecule has 1 saturated carbocycles. The van der Waals surface area contributed by atoms with Crippen LogP contribution in [0.5, 0.6) is 0 Å². The predicted molar refractivity (Wildman–Crippen MR) is 73.6 cm³/mol. The fourth-order valence-corrected chi connectivity index (χ4v) is 4.64. The number of hydrogen-bond acceptors (Lipinski definition) is 2. The number of hydrogen-bond donors (Lipinski definition) is 0. The molecular weight excluding hydrogens is 293 g/mol. The first-order valence-corrected chi connectivity index (χ1v) is 8.03. The molecule has 0 aliphatic heterocycles. The lowest BCUT2D eigenvalue weighted by Crippen LogP contribution is -2.38. The lowest BCUT2D eigenvalue weighted by Gasteiger charge is -2.26. The highest BCUT2D eigenvalue weighted by Gasteiger charge is 2.40. The third-order valence-electron chi connectivity index (χ3n) is 2.89. The summed E-state index contributed by atoms with van der Waals surface area (Å²) in [6.45, 7) is 3.74. The third-order valence-corrected chi connectivity index (χ3v) is 5.99. The van der Waals surface area contributed by atoms with Gasteiger partial charge >= 0.3 is 0 Å². The van der Waals surface area contributed by atoms with Crippen LogP contribution in [-0.2, 0) is 10.0 Å². The van der Waals surface area contributed by atoms with Crippen LogP contribution in [0.1, 0.15) is 26.7 Å². The molecule has 0 atom stereocenters. The Bertz CT molecular complexity index is 551. The summed E-state index contributed by atoms with van der Waals surface area (Å²) in [4.78, 5) is 0.0947. The highest BCUT2D eigenvalue weighted by Crippen LogP contribution is 2.37. The SMILES string of the molecule is CC(C)N(C1CC1)S(=O)(=O)c1cccc(Cl)c1Cl. The molecule has 0 amide bonds. The van der Waals surface area contributed by atoms with Crippen molar-refractivity contribution < 1.29 is 8.42 Å². The number of rotatable bonds is 4. The summed E-state index contributed by atoms with van der Waals surface area (Å²) in [6.07, 6.45) is 1.82. The van der Waals surface area contributed by atoms with Crippen molar-refractivity contribution in [2.75, 3.05) is 0 Å². The first-order chi connectivity index (χ1) is 8.35. The number of sulfonamides is 1. The highest BCUT2D eigenvalue weighted by atomic mass is 35.5. The minimum absolute atomic E-state index is 0.0856. The average Bonchev–Trinajstić information content (AvgIpc) is 3.05. The van der Waals surface area contributed by atoms with Gasteiger partial charge in [0.15, 0.2) is 0 Å². The molecule has 0 saturated heterocycles. The summed E-state index contributed by atoms with van der Waals surface area (Å²) < 4.78 is 26.8. The second-order valence-electron chi connectivity index (χ2n) is 4.71. The van der Waals surface area contributed by atoms with Gasteiger partial charge in [0.1, 0.15) is 4.90 Å². The Morgan fingerprint density at radius 1 is 1.28 bits per heavy atom. The molecule has 0 spiro atoms. The zero-order valence-corrected chi connectivity index (χ0v) is 12.6. The summed E-state index contributed by atoms with van der Waals surface area (Å²) in [6, 6.07) is 4.70. The molecule has 100 valence electrons. The van der Waals surface area contributed by atoms with E-state index in [9.17, 15) is 8.42 Å². The van der Waals surface area contributed by atoms with E-state index in [0.717, 1.165) is 12.8 Å². The van der Waals surface area contributed by atoms with E-state index < -0.39 is 10.0 Å². The van der Waals surface area contributed by atoms with Crippen molar-refractivity contribution in [2.45, 2.75) is 43.7 Å². The van der Waals surface area contributed by atoms with E-state index in [4.69, 9.17) is 23.2 Å². The van der Waals surface area contributed by atoms with Crippen LogP contribution >= 0.6 is 23.2 Å². The maximum absolute atomic E-state index is 12.6. The van der Waals surface area contributed by atoms with Gasteiger partial charge in [-0.1, -0.05) is 29.3 Å². The fourth-order valence-electron chi connectivity index (χ4n) is 2.02. The van der Waals surface area contributed by atoms with E-state index in [-0.39, 0.29) is 27.0 Å². The minimum atomic E-state index is -3.57. The van der Waals surface area contributed by atoms with E-state index >= 15 is 0 Å². The van der Waals surface area contributed by atoms with Crippen LogP contribution in [0.25, 0.3) is 0 Å². The molecule has 1 aromatic rings. The zero-order chi connectivity index (χ0) is 13.5. The molecule has 0 bridgehead atoms. The van der Waals surface area contributed by atoms with Crippen LogP contribution in [0, 0.1) is 0 Å². The first-order valence-electron chi connectivity index (χ1n) is 5.83. The topological polar surface area (TPSA) is 37.4 Å². The van der Waals surface area contributed by atoms with Gasteiger partial charge in [0, 0.05) is 12.1 Å². The van der Waals surface area contributed by atoms with Gasteiger partial charge < -0.3 is 0 Å². The molecule has 1 aliphatic rings. The van der Waals surface area contributed by atoms with Crippen molar-refractivity contribution >= 4 is 33.2 Å². The molecular formula is C12H15Cl2NO2S. The lowest BCUT2D eigenvalue weighted by molar-refractivity contribution is 0.346. The standard InChI is InChI=1S/C12H15Cl2NO2S/c1-8(2)15(9-6-7-9)18(16,17)11-5-3-4-10(13)12(11)14/h3-5,8-9H,6-7H2,1-2H3. The van der Waals surface area contributed by atoms with Gasteiger partial charge in [0.05, 0.1) is 10.0 Å². The van der Waals surface area contributed by atoms with Crippen LogP contribution in [0.4, 0.5) is 0 Å². The van der Waals surface area contributed by atoms with Crippen LogP contribution in [-0.4, -0.2) is 24.8 Å². The molecule has 2 rings (SSSR count). The molecule has 1 fully saturated rings. The van der Waals surface area contributed by atoms with Gasteiger partial charge in [0.25, 0.3) is 0 Å². The molecule has 0 radical (unpaired) electrons. The van der Waals surface area contributed by atoms with Crippen molar-refractivity contribution in [1.29, 1.82) is 0 Å². The Morgan fingerprint density at radius 3 is 2.39 bits per heavy atom. The zero-order valence-electron chi connectivity index (χ0n) is 10.2. The maximum Gasteiger partial charge on any atom is 0.245 e. The lowest BCUT2D eigenvalue weighted by atomic mass is 10.4. The average molecular weight is 308 g/mol. The van der Waals surface area contributed by atoms with Gasteiger partial charge in [-0.05, 0) is 38.8 Å². The molecule has 18 heavy (non-hydrogen) atoms. The molecule has 0 heterocycles. The van der Waals surface area contributed by atoms with E-state index in [1.165, 1.54) is 10.4 Å². The van der Waals surface area contributed by atoms with Gasteiger partial charge in [-0.25, -0.2) is 8.42 Å². The van der Waals surface area contributed by atoms with Crippen LogP contribution in [0.15, 0.2) is 23.1 Å². The molecule has 0 N–H and O–H groups in total. The Labute approximate surface area is 118 Å². The van der Waals surface area contributed by atoms with Crippen LogP contribution in [0.2, 0.25) is 10.0 Å². The Hall–Kier alpha value is -0.290. The normalized spacial score (nSPS) is 16.6. The van der Waals surface area contributed by atoms with Crippen LogP contribution < -0.4 is 0 Å². The van der Waals surface area contributed by atoms with E-state index in [1.807, 2.05) is 13.8 Å². The molecule has 1 aromatic carbocycles. The molecule has 3 nitrogen and oxygen atoms in total. The highest BCUT2D eigenvalue weighted by molar-refractivity contribution is 7.89. The van der Waals surface area contributed by atoms with Gasteiger partial charge in [-0.3, -0.25) is 0 Å². The number of halogens is 2. The smallest absolute Gasteiger partial charge is 0.207 e. The summed E-state index contributed by atoms with van der Waals surface area (Å²) in [5, 5.41) is 0.364. The van der Waals surface area contributed by atoms with Crippen molar-refractivity contribution in [3.05, 3.63) is 28.2 Å². The second-order valence-corrected chi connectivity index (χ2v) is 7.31. The Kier molecular flexibility index (Phi) is 3.93. The predicted octanol–water partition coefficient (Wildman–Crippen LogP) is 3.55. The van der Waals surface area contributed by atoms with E-state index in [1.54, 1.807) is 12.1 Å². The Morgan fingerprint density at radius 2 is 1.89 bits per heavy atom. The summed E-state index contributed by atoms with van der Waals surface area (Å²) >= 11 is 11.9. The first kappa shape index (κ1) is 14.1. The minimum Gasteiger partial charge on any atom is -0.207 e. The number of benzene rings is 1. The van der Waals surface area contributed by atoms with Crippen molar-refractivity contribution in [2.24, 2.45) is 0 Å². The van der Waals surface area contributed by atoms with Crippen molar-refractivity contribution in [3.8, 4) is 0 Å². The maximum atomic E-state index is 12.6. The number of nitrogens with zero attached hydrogens (tertiary/aromatic N) is 1. The van der Waals surface area contributed by atoms with Crippen LogP contribution in [0.3, 0.4) is 0 Å². The third kappa shape index (κ3) is 2.52. The summed E-state index contributed by atoms with van der Waals surface area (Å²) in [5.74, 6) is 0. The van der Waals surface area contributed by atoms with E-state index in [2.05, 4.69) is 0 Å². The fraction of sp³-hybridized carbons (Fsp3) is 0.500. The monoisotopic (exact) mass is 307 g/mol. The quantitative estimate of drug-likeness (QED) is 0.853.